The standard InChI is InChI=1S/C32H38F2N6O5/c1-5-6-13-44-20-29(41)39-12-11-38(18-21(39)2)32-35-16-23(17-36-32)24-14-26-25(15-28(24)43-4)30(42)37(3)40(26)19-22-9-7-8-10-27(22)45-31(33)34/h7-10,14-17,21,31H,5-6,11-13,18-20H2,1-4H3/t21-/m1/s1. The number of ether oxygens (including phenoxy) is 3. The van der Waals surface area contributed by atoms with Gasteiger partial charge in [0, 0.05) is 68.4 Å². The van der Waals surface area contributed by atoms with Crippen molar-refractivity contribution in [2.45, 2.75) is 45.9 Å². The number of aromatic nitrogens is 4. The maximum absolute atomic E-state index is 13.2. The average molecular weight is 625 g/mol. The number of halogens is 2. The van der Waals surface area contributed by atoms with E-state index < -0.39 is 6.61 Å². The van der Waals surface area contributed by atoms with E-state index in [1.54, 1.807) is 48.4 Å². The van der Waals surface area contributed by atoms with E-state index in [0.717, 1.165) is 12.8 Å². The number of benzene rings is 2. The molecule has 4 aromatic rings. The summed E-state index contributed by atoms with van der Waals surface area (Å²) < 4.78 is 45.1. The van der Waals surface area contributed by atoms with Crippen molar-refractivity contribution in [1.29, 1.82) is 0 Å². The zero-order chi connectivity index (χ0) is 32.1. The molecule has 1 saturated heterocycles. The molecule has 13 heteroatoms. The quantitative estimate of drug-likeness (QED) is 0.215. The number of hydrogen-bond donors (Lipinski definition) is 0. The van der Waals surface area contributed by atoms with E-state index in [0.29, 0.717) is 65.5 Å². The Morgan fingerprint density at radius 2 is 1.87 bits per heavy atom. The van der Waals surface area contributed by atoms with Crippen LogP contribution in [0.25, 0.3) is 22.0 Å². The predicted molar refractivity (Wildman–Crippen MR) is 166 cm³/mol. The smallest absolute Gasteiger partial charge is 0.387 e. The number of unbranched alkanes of at least 4 members (excludes halogenated alkanes) is 1. The fraction of sp³-hybridized carbons (Fsp3) is 0.438. The maximum Gasteiger partial charge on any atom is 0.387 e. The highest BCUT2D eigenvalue weighted by Crippen LogP contribution is 2.34. The third-order valence-electron chi connectivity index (χ3n) is 8.04. The van der Waals surface area contributed by atoms with Crippen LogP contribution in [0, 0.1) is 0 Å². The molecule has 2 aromatic heterocycles. The first kappa shape index (κ1) is 31.9. The van der Waals surface area contributed by atoms with Crippen LogP contribution < -0.4 is 19.9 Å². The Bertz CT molecular complexity index is 1690. The van der Waals surface area contributed by atoms with E-state index in [4.69, 9.17) is 14.2 Å². The Morgan fingerprint density at radius 1 is 1.11 bits per heavy atom. The number of anilines is 1. The summed E-state index contributed by atoms with van der Waals surface area (Å²) in [5.74, 6) is 1.04. The lowest BCUT2D eigenvalue weighted by molar-refractivity contribution is -0.138. The Labute approximate surface area is 259 Å². The van der Waals surface area contributed by atoms with Crippen LogP contribution in [0.2, 0.25) is 0 Å². The number of nitrogens with zero attached hydrogens (tertiary/aromatic N) is 6. The number of carbonyl (C=O) groups is 1. The van der Waals surface area contributed by atoms with Gasteiger partial charge in [-0.1, -0.05) is 31.5 Å². The lowest BCUT2D eigenvalue weighted by atomic mass is 10.1. The molecule has 3 heterocycles. The number of alkyl halides is 2. The summed E-state index contributed by atoms with van der Waals surface area (Å²) >= 11 is 0. The van der Waals surface area contributed by atoms with Gasteiger partial charge in [-0.15, -0.1) is 0 Å². The zero-order valence-electron chi connectivity index (χ0n) is 25.9. The van der Waals surface area contributed by atoms with Gasteiger partial charge in [0.15, 0.2) is 0 Å². The van der Waals surface area contributed by atoms with Crippen LogP contribution >= 0.6 is 0 Å². The minimum atomic E-state index is -2.97. The van der Waals surface area contributed by atoms with Crippen molar-refractivity contribution in [2.75, 3.05) is 44.9 Å². The van der Waals surface area contributed by atoms with Crippen LogP contribution in [0.4, 0.5) is 14.7 Å². The Morgan fingerprint density at radius 3 is 2.56 bits per heavy atom. The molecule has 0 unspecified atom stereocenters. The number of carbonyl (C=O) groups excluding carboxylic acids is 1. The molecule has 45 heavy (non-hydrogen) atoms. The summed E-state index contributed by atoms with van der Waals surface area (Å²) in [6.45, 7) is 3.63. The van der Waals surface area contributed by atoms with E-state index in [2.05, 4.69) is 16.9 Å². The lowest BCUT2D eigenvalue weighted by Crippen LogP contribution is -2.55. The van der Waals surface area contributed by atoms with E-state index >= 15 is 0 Å². The molecule has 1 aliphatic rings. The molecule has 0 saturated carbocycles. The molecule has 2 aromatic carbocycles. The van der Waals surface area contributed by atoms with Gasteiger partial charge < -0.3 is 24.0 Å². The summed E-state index contributed by atoms with van der Waals surface area (Å²) in [6.07, 6.45) is 5.36. The van der Waals surface area contributed by atoms with Crippen molar-refractivity contribution < 1.29 is 27.8 Å². The normalized spacial score (nSPS) is 15.2. The predicted octanol–water partition coefficient (Wildman–Crippen LogP) is 4.31. The average Bonchev–Trinajstić information content (AvgIpc) is 3.27. The molecular formula is C32H38F2N6O5. The van der Waals surface area contributed by atoms with Crippen molar-refractivity contribution in [3.05, 3.63) is 64.7 Å². The van der Waals surface area contributed by atoms with Gasteiger partial charge in [0.25, 0.3) is 5.56 Å². The molecule has 1 atom stereocenters. The molecule has 1 amide bonds. The van der Waals surface area contributed by atoms with Crippen molar-refractivity contribution in [3.8, 4) is 22.6 Å². The third kappa shape index (κ3) is 6.93. The second-order valence-corrected chi connectivity index (χ2v) is 11.0. The number of amides is 1. The first-order valence-electron chi connectivity index (χ1n) is 15.0. The highest BCUT2D eigenvalue weighted by molar-refractivity contribution is 5.88. The Balaban J connectivity index is 1.38. The van der Waals surface area contributed by atoms with Gasteiger partial charge >= 0.3 is 6.61 Å². The third-order valence-corrected chi connectivity index (χ3v) is 8.04. The van der Waals surface area contributed by atoms with Crippen LogP contribution in [-0.4, -0.2) is 82.7 Å². The van der Waals surface area contributed by atoms with E-state index in [1.807, 2.05) is 22.8 Å². The first-order valence-corrected chi connectivity index (χ1v) is 15.0. The molecule has 11 nitrogen and oxygen atoms in total. The molecule has 5 rings (SSSR count). The minimum Gasteiger partial charge on any atom is -0.496 e. The number of methoxy groups -OCH3 is 1. The minimum absolute atomic E-state index is 0.0126. The SMILES string of the molecule is CCCCOCC(=O)N1CCN(c2ncc(-c3cc4c(cc3OC)c(=O)n(C)n4Cc3ccccc3OC(F)F)cn2)C[C@H]1C. The molecular weight excluding hydrogens is 586 g/mol. The largest absolute Gasteiger partial charge is 0.496 e. The summed E-state index contributed by atoms with van der Waals surface area (Å²) in [5.41, 5.74) is 2.17. The van der Waals surface area contributed by atoms with Gasteiger partial charge in [0.05, 0.1) is 24.6 Å². The van der Waals surface area contributed by atoms with Gasteiger partial charge in [-0.25, -0.2) is 9.97 Å². The van der Waals surface area contributed by atoms with Crippen molar-refractivity contribution in [3.63, 3.8) is 0 Å². The van der Waals surface area contributed by atoms with Gasteiger partial charge in [-0.3, -0.25) is 19.0 Å². The van der Waals surface area contributed by atoms with Crippen LogP contribution in [0.3, 0.4) is 0 Å². The summed E-state index contributed by atoms with van der Waals surface area (Å²) in [5, 5.41) is 0.417. The monoisotopic (exact) mass is 624 g/mol. The van der Waals surface area contributed by atoms with Crippen molar-refractivity contribution in [1.82, 2.24) is 24.2 Å². The Kier molecular flexibility index (Phi) is 9.96. The van der Waals surface area contributed by atoms with Crippen LogP contribution in [-0.2, 0) is 23.1 Å². The molecule has 0 N–H and O–H groups in total. The van der Waals surface area contributed by atoms with Crippen LogP contribution in [0.5, 0.6) is 11.5 Å². The van der Waals surface area contributed by atoms with E-state index in [9.17, 15) is 18.4 Å². The number of para-hydroxylation sites is 1. The van der Waals surface area contributed by atoms with Gasteiger partial charge in [-0.05, 0) is 31.5 Å². The topological polar surface area (TPSA) is 104 Å². The van der Waals surface area contributed by atoms with Gasteiger partial charge in [0.2, 0.25) is 11.9 Å². The molecule has 0 spiro atoms. The molecule has 0 bridgehead atoms. The number of rotatable bonds is 12. The number of piperazine rings is 1. The van der Waals surface area contributed by atoms with E-state index in [1.165, 1.54) is 17.9 Å². The Hall–Kier alpha value is -4.52. The molecule has 1 aliphatic heterocycles. The van der Waals surface area contributed by atoms with E-state index in [-0.39, 0.29) is 36.4 Å². The highest BCUT2D eigenvalue weighted by Gasteiger charge is 2.29. The second kappa shape index (κ2) is 14.1. The van der Waals surface area contributed by atoms with Crippen molar-refractivity contribution in [2.24, 2.45) is 7.05 Å². The van der Waals surface area contributed by atoms with Gasteiger partial charge in [0.1, 0.15) is 18.1 Å². The molecule has 0 aliphatic carbocycles. The highest BCUT2D eigenvalue weighted by atomic mass is 19.3. The van der Waals surface area contributed by atoms with Crippen LogP contribution in [0.1, 0.15) is 32.3 Å². The van der Waals surface area contributed by atoms with Crippen molar-refractivity contribution >= 4 is 22.8 Å². The fourth-order valence-electron chi connectivity index (χ4n) is 5.61. The number of fused-ring (bicyclic) bond motifs is 1. The molecule has 240 valence electrons. The summed E-state index contributed by atoms with van der Waals surface area (Å²) in [7, 11) is 3.15. The second-order valence-electron chi connectivity index (χ2n) is 11.0. The van der Waals surface area contributed by atoms with Crippen LogP contribution in [0.15, 0.2) is 53.6 Å². The lowest BCUT2D eigenvalue weighted by Gasteiger charge is -2.39. The fourth-order valence-corrected chi connectivity index (χ4v) is 5.61. The molecule has 1 fully saturated rings. The molecule has 0 radical (unpaired) electrons. The first-order chi connectivity index (χ1) is 21.7. The summed E-state index contributed by atoms with van der Waals surface area (Å²) in [6, 6.07) is 9.96. The zero-order valence-corrected chi connectivity index (χ0v) is 25.9. The summed E-state index contributed by atoms with van der Waals surface area (Å²) in [4.78, 5) is 39.0. The number of hydrogen-bond acceptors (Lipinski definition) is 8. The maximum atomic E-state index is 13.2. The van der Waals surface area contributed by atoms with Gasteiger partial charge in [-0.2, -0.15) is 8.78 Å².